The lowest BCUT2D eigenvalue weighted by atomic mass is 9.97. The number of carbonyl (C=O) groups excluding carboxylic acids is 2. The summed E-state index contributed by atoms with van der Waals surface area (Å²) >= 11 is 0. The third-order valence-corrected chi connectivity index (χ3v) is 3.16. The fourth-order valence-corrected chi connectivity index (χ4v) is 1.66. The quantitative estimate of drug-likeness (QED) is 0.423. The van der Waals surface area contributed by atoms with Crippen LogP contribution in [-0.4, -0.2) is 11.8 Å². The summed E-state index contributed by atoms with van der Waals surface area (Å²) in [5.74, 6) is 0.439. The van der Waals surface area contributed by atoms with E-state index in [1.165, 1.54) is 0 Å². The summed E-state index contributed by atoms with van der Waals surface area (Å²) in [6, 6.07) is 6.80. The van der Waals surface area contributed by atoms with Gasteiger partial charge >= 0.3 is 5.97 Å². The highest BCUT2D eigenvalue weighted by Gasteiger charge is 2.13. The van der Waals surface area contributed by atoms with Gasteiger partial charge in [-0.1, -0.05) is 27.2 Å². The molecule has 3 nitrogen and oxygen atoms in total. The second kappa shape index (κ2) is 7.72. The first-order chi connectivity index (χ1) is 9.08. The van der Waals surface area contributed by atoms with E-state index in [0.717, 1.165) is 19.3 Å². The Kier molecular flexibility index (Phi) is 6.26. The van der Waals surface area contributed by atoms with Crippen LogP contribution in [0.15, 0.2) is 24.3 Å². The van der Waals surface area contributed by atoms with Gasteiger partial charge in [0.1, 0.15) is 5.75 Å². The molecule has 1 rings (SSSR count). The molecule has 0 N–H and O–H groups in total. The molecule has 19 heavy (non-hydrogen) atoms. The number of hydrogen-bond donors (Lipinski definition) is 0. The molecule has 1 aromatic carbocycles. The summed E-state index contributed by atoms with van der Waals surface area (Å²) in [7, 11) is 0. The number of unbranched alkanes of at least 4 members (excludes halogenated alkanes) is 1. The second-order valence-corrected chi connectivity index (χ2v) is 4.78. The van der Waals surface area contributed by atoms with E-state index in [2.05, 4.69) is 0 Å². The maximum Gasteiger partial charge on any atom is 0.311 e. The lowest BCUT2D eigenvalue weighted by Crippen LogP contribution is -2.10. The predicted molar refractivity (Wildman–Crippen MR) is 75.4 cm³/mol. The molecule has 0 bridgehead atoms. The largest absolute Gasteiger partial charge is 0.427 e. The predicted octanol–water partition coefficient (Wildman–Crippen LogP) is 4.01. The van der Waals surface area contributed by atoms with Gasteiger partial charge in [-0.15, -0.1) is 0 Å². The van der Waals surface area contributed by atoms with Gasteiger partial charge in [-0.25, -0.2) is 0 Å². The molecule has 0 amide bonds. The smallest absolute Gasteiger partial charge is 0.311 e. The van der Waals surface area contributed by atoms with Crippen LogP contribution in [0, 0.1) is 5.92 Å². The molecular formula is C16H22O3. The third-order valence-electron chi connectivity index (χ3n) is 3.16. The molecule has 0 heterocycles. The zero-order chi connectivity index (χ0) is 14.3. The first-order valence-corrected chi connectivity index (χ1v) is 6.93. The molecular weight excluding hydrogens is 240 g/mol. The average molecular weight is 262 g/mol. The molecule has 0 radical (unpaired) electrons. The van der Waals surface area contributed by atoms with Crippen molar-refractivity contribution in [1.29, 1.82) is 0 Å². The van der Waals surface area contributed by atoms with Gasteiger partial charge in [0.25, 0.3) is 0 Å². The molecule has 0 fully saturated rings. The Morgan fingerprint density at radius 2 is 1.79 bits per heavy atom. The number of hydrogen-bond acceptors (Lipinski definition) is 3. The van der Waals surface area contributed by atoms with E-state index >= 15 is 0 Å². The lowest BCUT2D eigenvalue weighted by Gasteiger charge is -2.08. The molecule has 1 aromatic rings. The maximum atomic E-state index is 11.9. The third kappa shape index (κ3) is 4.86. The molecule has 0 spiro atoms. The molecule has 0 saturated carbocycles. The number of rotatable bonds is 7. The highest BCUT2D eigenvalue weighted by Crippen LogP contribution is 2.17. The second-order valence-electron chi connectivity index (χ2n) is 4.78. The Balaban J connectivity index is 2.61. The fourth-order valence-electron chi connectivity index (χ4n) is 1.66. The van der Waals surface area contributed by atoms with Crippen LogP contribution in [-0.2, 0) is 4.79 Å². The van der Waals surface area contributed by atoms with E-state index in [1.54, 1.807) is 24.3 Å². The van der Waals surface area contributed by atoms with Crippen molar-refractivity contribution in [3.63, 3.8) is 0 Å². The van der Waals surface area contributed by atoms with Crippen molar-refractivity contribution in [2.24, 2.45) is 5.92 Å². The van der Waals surface area contributed by atoms with Crippen molar-refractivity contribution in [2.45, 2.75) is 46.5 Å². The van der Waals surface area contributed by atoms with Gasteiger partial charge in [0, 0.05) is 17.9 Å². The standard InChI is InChI=1S/C16H22O3/c1-4-6-7-15(17)19-14-10-8-13(9-11-14)16(18)12(3)5-2/h8-12H,4-7H2,1-3H3. The summed E-state index contributed by atoms with van der Waals surface area (Å²) < 4.78 is 5.19. The van der Waals surface area contributed by atoms with Gasteiger partial charge in [-0.05, 0) is 37.1 Å². The minimum atomic E-state index is -0.220. The topological polar surface area (TPSA) is 43.4 Å². The highest BCUT2D eigenvalue weighted by molar-refractivity contribution is 5.97. The summed E-state index contributed by atoms with van der Waals surface area (Å²) in [5.41, 5.74) is 0.669. The van der Waals surface area contributed by atoms with Crippen molar-refractivity contribution in [1.82, 2.24) is 0 Å². The van der Waals surface area contributed by atoms with Crippen molar-refractivity contribution in [3.05, 3.63) is 29.8 Å². The van der Waals surface area contributed by atoms with Gasteiger partial charge in [-0.2, -0.15) is 0 Å². The number of ketones is 1. The molecule has 0 aliphatic rings. The number of esters is 1. The van der Waals surface area contributed by atoms with E-state index in [0.29, 0.717) is 17.7 Å². The van der Waals surface area contributed by atoms with Crippen molar-refractivity contribution in [2.75, 3.05) is 0 Å². The summed E-state index contributed by atoms with van der Waals surface area (Å²) in [4.78, 5) is 23.4. The SMILES string of the molecule is CCCCC(=O)Oc1ccc(C(=O)C(C)CC)cc1. The summed E-state index contributed by atoms with van der Waals surface area (Å²) in [6.07, 6.45) is 3.07. The van der Waals surface area contributed by atoms with E-state index < -0.39 is 0 Å². The van der Waals surface area contributed by atoms with Gasteiger partial charge in [0.15, 0.2) is 5.78 Å². The normalized spacial score (nSPS) is 11.9. The zero-order valence-corrected chi connectivity index (χ0v) is 11.9. The number of ether oxygens (including phenoxy) is 1. The van der Waals surface area contributed by atoms with Crippen LogP contribution in [0.4, 0.5) is 0 Å². The van der Waals surface area contributed by atoms with Gasteiger partial charge in [-0.3, -0.25) is 9.59 Å². The Hall–Kier alpha value is -1.64. The Labute approximate surface area is 115 Å². The van der Waals surface area contributed by atoms with Crippen molar-refractivity contribution < 1.29 is 14.3 Å². The van der Waals surface area contributed by atoms with Crippen molar-refractivity contribution in [3.8, 4) is 5.75 Å². The summed E-state index contributed by atoms with van der Waals surface area (Å²) in [5, 5.41) is 0. The minimum absolute atomic E-state index is 0.0259. The maximum absolute atomic E-state index is 11.9. The van der Waals surface area contributed by atoms with Crippen LogP contribution in [0.25, 0.3) is 0 Å². The Morgan fingerprint density at radius 3 is 2.32 bits per heavy atom. The molecule has 104 valence electrons. The molecule has 1 unspecified atom stereocenters. The average Bonchev–Trinajstić information content (AvgIpc) is 2.44. The first kappa shape index (κ1) is 15.4. The van der Waals surface area contributed by atoms with Crippen LogP contribution in [0.5, 0.6) is 5.75 Å². The van der Waals surface area contributed by atoms with Gasteiger partial charge in [0.05, 0.1) is 0 Å². The van der Waals surface area contributed by atoms with Gasteiger partial charge < -0.3 is 4.74 Å². The van der Waals surface area contributed by atoms with Crippen LogP contribution < -0.4 is 4.74 Å². The van der Waals surface area contributed by atoms with Crippen LogP contribution in [0.2, 0.25) is 0 Å². The molecule has 3 heteroatoms. The Morgan fingerprint density at radius 1 is 1.16 bits per heavy atom. The van der Waals surface area contributed by atoms with Crippen LogP contribution in [0.1, 0.15) is 56.8 Å². The molecule has 0 aromatic heterocycles. The van der Waals surface area contributed by atoms with Crippen LogP contribution in [0.3, 0.4) is 0 Å². The number of benzene rings is 1. The van der Waals surface area contributed by atoms with E-state index in [9.17, 15) is 9.59 Å². The lowest BCUT2D eigenvalue weighted by molar-refractivity contribution is -0.134. The number of Topliss-reactive ketones (excluding diaryl/α,β-unsaturated/α-hetero) is 1. The minimum Gasteiger partial charge on any atom is -0.427 e. The van der Waals surface area contributed by atoms with Gasteiger partial charge in [0.2, 0.25) is 0 Å². The van der Waals surface area contributed by atoms with E-state index in [4.69, 9.17) is 4.74 Å². The molecule has 0 saturated heterocycles. The van der Waals surface area contributed by atoms with Crippen molar-refractivity contribution >= 4 is 11.8 Å². The highest BCUT2D eigenvalue weighted by atomic mass is 16.5. The Bertz CT molecular complexity index is 420. The van der Waals surface area contributed by atoms with Crippen LogP contribution >= 0.6 is 0 Å². The number of carbonyl (C=O) groups is 2. The zero-order valence-electron chi connectivity index (χ0n) is 11.9. The fraction of sp³-hybridized carbons (Fsp3) is 0.500. The summed E-state index contributed by atoms with van der Waals surface area (Å²) in [6.45, 7) is 5.94. The van der Waals surface area contributed by atoms with E-state index in [-0.39, 0.29) is 17.7 Å². The van der Waals surface area contributed by atoms with E-state index in [1.807, 2.05) is 20.8 Å². The molecule has 1 atom stereocenters. The monoisotopic (exact) mass is 262 g/mol. The molecule has 0 aliphatic carbocycles. The molecule has 0 aliphatic heterocycles. The first-order valence-electron chi connectivity index (χ1n) is 6.93.